The number of hydrogen-bond donors (Lipinski definition) is 1. The van der Waals surface area contributed by atoms with E-state index in [1.54, 1.807) is 6.26 Å². The summed E-state index contributed by atoms with van der Waals surface area (Å²) in [5.41, 5.74) is 0. The van der Waals surface area contributed by atoms with E-state index in [0.29, 0.717) is 0 Å². The first-order valence-corrected chi connectivity index (χ1v) is 6.95. The van der Waals surface area contributed by atoms with E-state index in [9.17, 15) is 13.2 Å². The Kier molecular flexibility index (Phi) is 2.91. The molecule has 1 rings (SSSR count). The molecule has 0 aromatic rings. The van der Waals surface area contributed by atoms with Gasteiger partial charge < -0.3 is 5.11 Å². The summed E-state index contributed by atoms with van der Waals surface area (Å²) in [7, 11) is -2.97. The summed E-state index contributed by atoms with van der Waals surface area (Å²) >= 11 is 1.24. The number of carboxylic acids is 1. The average Bonchev–Trinajstić information content (AvgIpc) is 2.05. The van der Waals surface area contributed by atoms with E-state index < -0.39 is 20.6 Å². The predicted molar refractivity (Wildman–Crippen MR) is 51.8 cm³/mol. The molecule has 0 radical (unpaired) electrons. The molecule has 0 amide bonds. The molecule has 76 valence electrons. The lowest BCUT2D eigenvalue weighted by molar-refractivity contribution is -0.140. The van der Waals surface area contributed by atoms with Gasteiger partial charge in [0.15, 0.2) is 0 Å². The highest BCUT2D eigenvalue weighted by molar-refractivity contribution is 8.01. The maximum Gasteiger partial charge on any atom is 0.319 e. The van der Waals surface area contributed by atoms with Gasteiger partial charge in [-0.1, -0.05) is 0 Å². The smallest absolute Gasteiger partial charge is 0.319 e. The summed E-state index contributed by atoms with van der Waals surface area (Å²) in [6, 6.07) is 0. The quantitative estimate of drug-likeness (QED) is 0.734. The third kappa shape index (κ3) is 2.17. The van der Waals surface area contributed by atoms with Crippen LogP contribution in [0.2, 0.25) is 0 Å². The van der Waals surface area contributed by atoms with E-state index in [2.05, 4.69) is 0 Å². The van der Waals surface area contributed by atoms with Crippen molar-refractivity contribution < 1.29 is 18.3 Å². The van der Waals surface area contributed by atoms with Crippen LogP contribution in [0.25, 0.3) is 0 Å². The molecule has 1 aliphatic heterocycles. The highest BCUT2D eigenvalue weighted by atomic mass is 32.2. The van der Waals surface area contributed by atoms with Crippen LogP contribution in [-0.2, 0) is 14.6 Å². The SMILES string of the molecule is CSC1(C(=O)O)CCS(=O)(=O)CC1. The number of sulfone groups is 1. The lowest BCUT2D eigenvalue weighted by Gasteiger charge is -2.30. The van der Waals surface area contributed by atoms with E-state index >= 15 is 0 Å². The van der Waals surface area contributed by atoms with Crippen LogP contribution in [0.1, 0.15) is 12.8 Å². The Labute approximate surface area is 81.6 Å². The van der Waals surface area contributed by atoms with Crippen LogP contribution >= 0.6 is 11.8 Å². The van der Waals surface area contributed by atoms with Crippen LogP contribution < -0.4 is 0 Å². The van der Waals surface area contributed by atoms with E-state index in [-0.39, 0.29) is 24.3 Å². The maximum absolute atomic E-state index is 11.1. The fourth-order valence-corrected chi connectivity index (χ4v) is 3.94. The number of hydrogen-bond acceptors (Lipinski definition) is 4. The molecular formula is C7H12O4S2. The molecule has 0 aromatic carbocycles. The maximum atomic E-state index is 11.1. The molecule has 0 atom stereocenters. The second-order valence-corrected chi connectivity index (χ2v) is 6.65. The molecule has 1 N–H and O–H groups in total. The average molecular weight is 224 g/mol. The van der Waals surface area contributed by atoms with Gasteiger partial charge in [-0.05, 0) is 19.1 Å². The first-order valence-electron chi connectivity index (χ1n) is 3.91. The number of thioether (sulfide) groups is 1. The summed E-state index contributed by atoms with van der Waals surface area (Å²) in [6.07, 6.45) is 2.17. The van der Waals surface area contributed by atoms with Crippen LogP contribution in [-0.4, -0.2) is 42.0 Å². The fraction of sp³-hybridized carbons (Fsp3) is 0.857. The molecule has 1 fully saturated rings. The number of aliphatic carboxylic acids is 1. The molecule has 0 spiro atoms. The molecular weight excluding hydrogens is 212 g/mol. The van der Waals surface area contributed by atoms with Crippen molar-refractivity contribution in [3.63, 3.8) is 0 Å². The molecule has 1 heterocycles. The lowest BCUT2D eigenvalue weighted by Crippen LogP contribution is -2.42. The third-order valence-electron chi connectivity index (χ3n) is 2.41. The first-order chi connectivity index (χ1) is 5.92. The van der Waals surface area contributed by atoms with Gasteiger partial charge in [0.05, 0.1) is 11.5 Å². The van der Waals surface area contributed by atoms with E-state index in [1.165, 1.54) is 11.8 Å². The zero-order valence-electron chi connectivity index (χ0n) is 7.32. The fourth-order valence-electron chi connectivity index (χ4n) is 1.37. The molecule has 4 nitrogen and oxygen atoms in total. The number of carbonyl (C=O) groups is 1. The molecule has 0 bridgehead atoms. The van der Waals surface area contributed by atoms with Crippen molar-refractivity contribution in [2.45, 2.75) is 17.6 Å². The number of carboxylic acid groups (broad SMARTS) is 1. The van der Waals surface area contributed by atoms with Crippen molar-refractivity contribution in [2.75, 3.05) is 17.8 Å². The molecule has 0 saturated carbocycles. The third-order valence-corrected chi connectivity index (χ3v) is 5.43. The lowest BCUT2D eigenvalue weighted by atomic mass is 10.0. The van der Waals surface area contributed by atoms with Crippen LogP contribution in [0.3, 0.4) is 0 Å². The van der Waals surface area contributed by atoms with E-state index in [0.717, 1.165) is 0 Å². The Hall–Kier alpha value is -0.230. The first kappa shape index (κ1) is 10.8. The molecule has 1 aliphatic rings. The van der Waals surface area contributed by atoms with Crippen molar-refractivity contribution in [1.29, 1.82) is 0 Å². The van der Waals surface area contributed by atoms with E-state index in [4.69, 9.17) is 5.11 Å². The summed E-state index contributed by atoms with van der Waals surface area (Å²) in [5, 5.41) is 8.94. The highest BCUT2D eigenvalue weighted by Gasteiger charge is 2.42. The van der Waals surface area contributed by atoms with Gasteiger partial charge in [0.2, 0.25) is 0 Å². The Morgan fingerprint density at radius 2 is 1.85 bits per heavy atom. The zero-order valence-corrected chi connectivity index (χ0v) is 8.95. The van der Waals surface area contributed by atoms with Gasteiger partial charge in [-0.25, -0.2) is 8.42 Å². The van der Waals surface area contributed by atoms with Gasteiger partial charge in [-0.3, -0.25) is 4.79 Å². The van der Waals surface area contributed by atoms with Crippen molar-refractivity contribution >= 4 is 27.6 Å². The van der Waals surface area contributed by atoms with Crippen LogP contribution in [0.5, 0.6) is 0 Å². The topological polar surface area (TPSA) is 71.4 Å². The molecule has 6 heteroatoms. The standard InChI is InChI=1S/C7H12O4S2/c1-12-7(6(8)9)2-4-13(10,11)5-3-7/h2-5H2,1H3,(H,8,9). The summed E-state index contributed by atoms with van der Waals surface area (Å²) in [5.74, 6) is -0.893. The van der Waals surface area contributed by atoms with Gasteiger partial charge in [-0.15, -0.1) is 11.8 Å². The minimum Gasteiger partial charge on any atom is -0.480 e. The Morgan fingerprint density at radius 1 is 1.38 bits per heavy atom. The van der Waals surface area contributed by atoms with Crippen molar-refractivity contribution in [3.8, 4) is 0 Å². The van der Waals surface area contributed by atoms with Gasteiger partial charge in [0.25, 0.3) is 0 Å². The predicted octanol–water partition coefficient (Wildman–Crippen LogP) is 0.381. The van der Waals surface area contributed by atoms with Crippen LogP contribution in [0, 0.1) is 0 Å². The largest absolute Gasteiger partial charge is 0.480 e. The Morgan fingerprint density at radius 3 is 2.15 bits per heavy atom. The normalized spacial score (nSPS) is 25.3. The second kappa shape index (κ2) is 3.49. The van der Waals surface area contributed by atoms with Crippen molar-refractivity contribution in [2.24, 2.45) is 0 Å². The van der Waals surface area contributed by atoms with Crippen LogP contribution in [0.4, 0.5) is 0 Å². The molecule has 1 saturated heterocycles. The monoisotopic (exact) mass is 224 g/mol. The minimum absolute atomic E-state index is 0.000139. The molecule has 0 aromatic heterocycles. The van der Waals surface area contributed by atoms with Crippen molar-refractivity contribution in [3.05, 3.63) is 0 Å². The highest BCUT2D eigenvalue weighted by Crippen LogP contribution is 2.35. The summed E-state index contributed by atoms with van der Waals surface area (Å²) in [6.45, 7) is 0. The Bertz CT molecular complexity index is 292. The van der Waals surface area contributed by atoms with Gasteiger partial charge in [0, 0.05) is 0 Å². The van der Waals surface area contributed by atoms with Gasteiger partial charge in [0.1, 0.15) is 14.6 Å². The second-order valence-electron chi connectivity index (χ2n) is 3.16. The molecule has 0 aliphatic carbocycles. The van der Waals surface area contributed by atoms with Crippen molar-refractivity contribution in [1.82, 2.24) is 0 Å². The molecule has 0 unspecified atom stereocenters. The summed E-state index contributed by atoms with van der Waals surface area (Å²) < 4.78 is 21.3. The molecule has 13 heavy (non-hydrogen) atoms. The minimum atomic E-state index is -2.97. The number of rotatable bonds is 2. The Balaban J connectivity index is 2.81. The van der Waals surface area contributed by atoms with Crippen LogP contribution in [0.15, 0.2) is 0 Å². The van der Waals surface area contributed by atoms with E-state index in [1.807, 2.05) is 0 Å². The zero-order chi connectivity index (χ0) is 10.1. The van der Waals surface area contributed by atoms with Gasteiger partial charge >= 0.3 is 5.97 Å². The summed E-state index contributed by atoms with van der Waals surface area (Å²) in [4.78, 5) is 10.9. The van der Waals surface area contributed by atoms with Gasteiger partial charge in [-0.2, -0.15) is 0 Å².